The van der Waals surface area contributed by atoms with Gasteiger partial charge in [-0.3, -0.25) is 9.59 Å². The van der Waals surface area contributed by atoms with Crippen LogP contribution in [0.4, 0.5) is 0 Å². The van der Waals surface area contributed by atoms with Crippen LogP contribution in [-0.2, 0) is 4.79 Å². The Morgan fingerprint density at radius 2 is 1.63 bits per heavy atom. The van der Waals surface area contributed by atoms with E-state index >= 15 is 0 Å². The lowest BCUT2D eigenvalue weighted by molar-refractivity contribution is -0.123. The van der Waals surface area contributed by atoms with Crippen LogP contribution in [0.15, 0.2) is 24.3 Å². The molecule has 4 bridgehead atoms. The Morgan fingerprint density at radius 3 is 2.19 bits per heavy atom. The van der Waals surface area contributed by atoms with Gasteiger partial charge >= 0.3 is 0 Å². The van der Waals surface area contributed by atoms with E-state index in [1.165, 1.54) is 38.5 Å². The first-order valence-corrected chi connectivity index (χ1v) is 10.6. The van der Waals surface area contributed by atoms with Crippen molar-refractivity contribution >= 4 is 11.7 Å². The van der Waals surface area contributed by atoms with Gasteiger partial charge in [0.05, 0.1) is 0 Å². The number of carbonyl (C=O) groups excluding carboxylic acids is 2. The molecule has 4 fully saturated rings. The van der Waals surface area contributed by atoms with Crippen molar-refractivity contribution in [2.75, 3.05) is 13.2 Å². The number of ether oxygens (including phenoxy) is 1. The summed E-state index contributed by atoms with van der Waals surface area (Å²) in [6.07, 6.45) is 10.1. The lowest BCUT2D eigenvalue weighted by Gasteiger charge is -2.57. The van der Waals surface area contributed by atoms with Crippen molar-refractivity contribution in [2.45, 2.75) is 58.3 Å². The van der Waals surface area contributed by atoms with Crippen molar-refractivity contribution in [3.05, 3.63) is 29.8 Å². The molecule has 4 aliphatic carbocycles. The number of hydrogen-bond donors (Lipinski definition) is 1. The Hall–Kier alpha value is -1.84. The summed E-state index contributed by atoms with van der Waals surface area (Å²) >= 11 is 0. The number of rotatable bonds is 8. The Labute approximate surface area is 162 Å². The maximum absolute atomic E-state index is 12.1. The van der Waals surface area contributed by atoms with Gasteiger partial charge in [-0.05, 0) is 92.4 Å². The van der Waals surface area contributed by atoms with E-state index in [1.807, 2.05) is 6.92 Å². The smallest absolute Gasteiger partial charge is 0.257 e. The largest absolute Gasteiger partial charge is 0.484 e. The molecule has 4 aliphatic rings. The molecule has 0 aliphatic heterocycles. The monoisotopic (exact) mass is 369 g/mol. The van der Waals surface area contributed by atoms with Crippen LogP contribution in [0.2, 0.25) is 0 Å². The molecule has 0 heterocycles. The van der Waals surface area contributed by atoms with Gasteiger partial charge in [0.25, 0.3) is 5.91 Å². The first-order chi connectivity index (χ1) is 13.0. The molecule has 4 heteroatoms. The van der Waals surface area contributed by atoms with Gasteiger partial charge in [-0.1, -0.05) is 6.92 Å². The molecule has 1 aromatic carbocycles. The zero-order valence-electron chi connectivity index (χ0n) is 16.3. The maximum Gasteiger partial charge on any atom is 0.257 e. The van der Waals surface area contributed by atoms with Gasteiger partial charge < -0.3 is 10.1 Å². The van der Waals surface area contributed by atoms with E-state index in [-0.39, 0.29) is 18.3 Å². The number of amides is 1. The van der Waals surface area contributed by atoms with Crippen LogP contribution in [0.3, 0.4) is 0 Å². The predicted octanol–water partition coefficient (Wildman–Crippen LogP) is 4.38. The maximum atomic E-state index is 12.1. The van der Waals surface area contributed by atoms with Crippen molar-refractivity contribution in [3.8, 4) is 5.75 Å². The minimum atomic E-state index is -0.0616. The molecule has 0 spiro atoms. The van der Waals surface area contributed by atoms with E-state index in [4.69, 9.17) is 4.74 Å². The standard InChI is InChI=1S/C23H31NO3/c1-2-21(25)19-3-5-20(6-4-19)27-15-22(26)24-8-7-23-12-16-9-17(13-23)11-18(10-16)14-23/h3-6,16-18H,2,7-15H2,1H3,(H,24,26). The molecule has 5 rings (SSSR count). The van der Waals surface area contributed by atoms with Crippen LogP contribution in [0.1, 0.15) is 68.6 Å². The quantitative estimate of drug-likeness (QED) is 0.692. The van der Waals surface area contributed by atoms with Crippen molar-refractivity contribution in [1.82, 2.24) is 5.32 Å². The summed E-state index contributed by atoms with van der Waals surface area (Å²) in [6, 6.07) is 7.02. The van der Waals surface area contributed by atoms with Crippen LogP contribution in [0.5, 0.6) is 5.75 Å². The summed E-state index contributed by atoms with van der Waals surface area (Å²) in [7, 11) is 0. The van der Waals surface area contributed by atoms with E-state index < -0.39 is 0 Å². The van der Waals surface area contributed by atoms with Gasteiger partial charge in [-0.2, -0.15) is 0 Å². The highest BCUT2D eigenvalue weighted by Crippen LogP contribution is 2.61. The molecule has 1 amide bonds. The molecule has 1 N–H and O–H groups in total. The van der Waals surface area contributed by atoms with Crippen molar-refractivity contribution in [2.24, 2.45) is 23.2 Å². The summed E-state index contributed by atoms with van der Waals surface area (Å²) in [5.41, 5.74) is 1.19. The second-order valence-electron chi connectivity index (χ2n) is 9.11. The molecule has 0 saturated heterocycles. The lowest BCUT2D eigenvalue weighted by atomic mass is 9.49. The van der Waals surface area contributed by atoms with Crippen molar-refractivity contribution < 1.29 is 14.3 Å². The molecular formula is C23H31NO3. The number of Topliss-reactive ketones (excluding diaryl/α,β-unsaturated/α-hetero) is 1. The highest BCUT2D eigenvalue weighted by atomic mass is 16.5. The number of ketones is 1. The lowest BCUT2D eigenvalue weighted by Crippen LogP contribution is -2.47. The molecule has 0 radical (unpaired) electrons. The van der Waals surface area contributed by atoms with Crippen molar-refractivity contribution in [1.29, 1.82) is 0 Å². The first-order valence-electron chi connectivity index (χ1n) is 10.6. The molecule has 4 saturated carbocycles. The molecule has 0 aromatic heterocycles. The van der Waals surface area contributed by atoms with Gasteiger partial charge in [-0.15, -0.1) is 0 Å². The molecule has 1 aromatic rings. The van der Waals surface area contributed by atoms with E-state index in [9.17, 15) is 9.59 Å². The zero-order chi connectivity index (χ0) is 18.9. The molecular weight excluding hydrogens is 338 g/mol. The summed E-state index contributed by atoms with van der Waals surface area (Å²) in [6.45, 7) is 2.64. The SMILES string of the molecule is CCC(=O)c1ccc(OCC(=O)NCCC23CC4CC(CC(C4)C2)C3)cc1. The van der Waals surface area contributed by atoms with Crippen LogP contribution >= 0.6 is 0 Å². The van der Waals surface area contributed by atoms with E-state index in [2.05, 4.69) is 5.32 Å². The number of nitrogens with one attached hydrogen (secondary N) is 1. The topological polar surface area (TPSA) is 55.4 Å². The third kappa shape index (κ3) is 4.20. The van der Waals surface area contributed by atoms with Gasteiger partial charge in [-0.25, -0.2) is 0 Å². The van der Waals surface area contributed by atoms with Crippen LogP contribution < -0.4 is 10.1 Å². The third-order valence-corrected chi connectivity index (χ3v) is 7.01. The summed E-state index contributed by atoms with van der Waals surface area (Å²) in [5.74, 6) is 3.55. The highest BCUT2D eigenvalue weighted by molar-refractivity contribution is 5.95. The van der Waals surface area contributed by atoms with Crippen LogP contribution in [0.25, 0.3) is 0 Å². The fourth-order valence-electron chi connectivity index (χ4n) is 6.20. The Balaban J connectivity index is 1.20. The second kappa shape index (κ2) is 7.65. The normalized spacial score (nSPS) is 30.9. The predicted molar refractivity (Wildman–Crippen MR) is 105 cm³/mol. The summed E-state index contributed by atoms with van der Waals surface area (Å²) in [5, 5.41) is 3.05. The number of hydrogen-bond acceptors (Lipinski definition) is 3. The van der Waals surface area contributed by atoms with E-state index in [0.717, 1.165) is 30.7 Å². The summed E-state index contributed by atoms with van der Waals surface area (Å²) < 4.78 is 5.56. The van der Waals surface area contributed by atoms with Crippen molar-refractivity contribution in [3.63, 3.8) is 0 Å². The molecule has 0 unspecified atom stereocenters. The van der Waals surface area contributed by atoms with E-state index in [0.29, 0.717) is 23.1 Å². The van der Waals surface area contributed by atoms with Crippen LogP contribution in [-0.4, -0.2) is 24.8 Å². The minimum Gasteiger partial charge on any atom is -0.484 e. The number of carbonyl (C=O) groups is 2. The third-order valence-electron chi connectivity index (χ3n) is 7.01. The highest BCUT2D eigenvalue weighted by Gasteiger charge is 2.50. The van der Waals surface area contributed by atoms with Crippen LogP contribution in [0, 0.1) is 23.2 Å². The summed E-state index contributed by atoms with van der Waals surface area (Å²) in [4.78, 5) is 23.8. The van der Waals surface area contributed by atoms with Gasteiger partial charge in [0.15, 0.2) is 12.4 Å². The Kier molecular flexibility index (Phi) is 5.25. The molecule has 27 heavy (non-hydrogen) atoms. The average Bonchev–Trinajstić information content (AvgIpc) is 2.65. The molecule has 4 nitrogen and oxygen atoms in total. The minimum absolute atomic E-state index is 0.0297. The fourth-order valence-corrected chi connectivity index (χ4v) is 6.20. The number of benzene rings is 1. The first kappa shape index (κ1) is 18.5. The second-order valence-corrected chi connectivity index (χ2v) is 9.11. The van der Waals surface area contributed by atoms with E-state index in [1.54, 1.807) is 24.3 Å². The van der Waals surface area contributed by atoms with Gasteiger partial charge in [0, 0.05) is 18.5 Å². The average molecular weight is 370 g/mol. The zero-order valence-corrected chi connectivity index (χ0v) is 16.3. The molecule has 0 atom stereocenters. The Bertz CT molecular complexity index is 659. The van der Waals surface area contributed by atoms with Gasteiger partial charge in [0.2, 0.25) is 0 Å². The Morgan fingerprint density at radius 1 is 1.04 bits per heavy atom. The fraction of sp³-hybridized carbons (Fsp3) is 0.652. The molecule has 146 valence electrons. The van der Waals surface area contributed by atoms with Gasteiger partial charge in [0.1, 0.15) is 5.75 Å².